The number of benzene rings is 2. The maximum absolute atomic E-state index is 14.5. The van der Waals surface area contributed by atoms with E-state index in [9.17, 15) is 9.18 Å². The number of amides is 2. The van der Waals surface area contributed by atoms with Crippen LogP contribution in [0.5, 0.6) is 0 Å². The van der Waals surface area contributed by atoms with Crippen molar-refractivity contribution in [1.29, 1.82) is 0 Å². The number of nitrogens with one attached hydrogen (secondary N) is 1. The number of hydrogen-bond donors (Lipinski definition) is 1. The van der Waals surface area contributed by atoms with E-state index < -0.39 is 5.82 Å². The number of anilines is 1. The minimum atomic E-state index is -0.437. The quantitative estimate of drug-likeness (QED) is 0.296. The SMILES string of the molecule is CSc1ccc(C2c3cccn3-c3sc4c(c3CN2C(=O)Nc2ccccc2F)CCCC4)cc1. The molecule has 2 aromatic heterocycles. The van der Waals surface area contributed by atoms with Gasteiger partial charge in [0.1, 0.15) is 10.8 Å². The van der Waals surface area contributed by atoms with Crippen LogP contribution in [-0.2, 0) is 19.4 Å². The topological polar surface area (TPSA) is 37.3 Å². The van der Waals surface area contributed by atoms with E-state index in [4.69, 9.17) is 0 Å². The minimum Gasteiger partial charge on any atom is -0.310 e. The first-order valence-electron chi connectivity index (χ1n) is 11.9. The van der Waals surface area contributed by atoms with Gasteiger partial charge in [0.25, 0.3) is 0 Å². The van der Waals surface area contributed by atoms with Gasteiger partial charge in [0.15, 0.2) is 0 Å². The highest BCUT2D eigenvalue weighted by Gasteiger charge is 2.36. The zero-order valence-corrected chi connectivity index (χ0v) is 21.1. The molecule has 0 saturated heterocycles. The highest BCUT2D eigenvalue weighted by molar-refractivity contribution is 7.98. The van der Waals surface area contributed by atoms with Gasteiger partial charge in [-0.15, -0.1) is 23.1 Å². The van der Waals surface area contributed by atoms with E-state index in [1.807, 2.05) is 16.2 Å². The van der Waals surface area contributed by atoms with E-state index in [1.165, 1.54) is 44.8 Å². The van der Waals surface area contributed by atoms with E-state index in [1.54, 1.807) is 30.0 Å². The number of carbonyl (C=O) groups excluding carboxylic acids is 1. The Kier molecular flexibility index (Phi) is 5.90. The molecule has 0 bridgehead atoms. The monoisotopic (exact) mass is 503 g/mol. The molecule has 0 radical (unpaired) electrons. The minimum absolute atomic E-state index is 0.196. The van der Waals surface area contributed by atoms with Crippen LogP contribution in [0.15, 0.2) is 71.8 Å². The maximum atomic E-state index is 14.5. The molecule has 178 valence electrons. The van der Waals surface area contributed by atoms with Gasteiger partial charge in [-0.3, -0.25) is 0 Å². The molecule has 2 amide bonds. The molecule has 0 saturated carbocycles. The molecule has 1 atom stereocenters. The standard InChI is InChI=1S/C28H26FN3OS2/c1-34-19-14-12-18(13-15-19)26-24-10-6-16-31(24)27-21(20-7-2-5-11-25(20)35-27)17-32(26)28(33)30-23-9-4-3-8-22(23)29/h3-4,6,8-10,12-16,26H,2,5,7,11,17H2,1H3,(H,30,33). The largest absolute Gasteiger partial charge is 0.323 e. The van der Waals surface area contributed by atoms with Crippen molar-refractivity contribution in [3.8, 4) is 5.00 Å². The summed E-state index contributed by atoms with van der Waals surface area (Å²) >= 11 is 3.56. The number of thioether (sulfide) groups is 1. The molecule has 0 fully saturated rings. The Bertz CT molecular complexity index is 1390. The fourth-order valence-corrected chi connectivity index (χ4v) is 7.09. The normalized spacial score (nSPS) is 16.7. The second-order valence-corrected chi connectivity index (χ2v) is 11.0. The predicted octanol–water partition coefficient (Wildman–Crippen LogP) is 7.42. The summed E-state index contributed by atoms with van der Waals surface area (Å²) in [5.74, 6) is -0.437. The van der Waals surface area contributed by atoms with Crippen molar-refractivity contribution in [2.24, 2.45) is 0 Å². The Morgan fingerprint density at radius 3 is 2.63 bits per heavy atom. The van der Waals surface area contributed by atoms with Crippen LogP contribution >= 0.6 is 23.1 Å². The Balaban J connectivity index is 1.50. The summed E-state index contributed by atoms with van der Waals surface area (Å²) in [6.07, 6.45) is 8.71. The Labute approximate surface area is 212 Å². The fraction of sp³-hybridized carbons (Fsp3) is 0.250. The van der Waals surface area contributed by atoms with Gasteiger partial charge in [-0.1, -0.05) is 24.3 Å². The van der Waals surface area contributed by atoms with Crippen molar-refractivity contribution in [1.82, 2.24) is 9.47 Å². The highest BCUT2D eigenvalue weighted by atomic mass is 32.2. The van der Waals surface area contributed by atoms with Crippen LogP contribution in [0.3, 0.4) is 0 Å². The van der Waals surface area contributed by atoms with Gasteiger partial charge >= 0.3 is 6.03 Å². The van der Waals surface area contributed by atoms with Crippen LogP contribution in [0.4, 0.5) is 14.9 Å². The van der Waals surface area contributed by atoms with Gasteiger partial charge < -0.3 is 14.8 Å². The second kappa shape index (κ2) is 9.21. The highest BCUT2D eigenvalue weighted by Crippen LogP contribution is 2.44. The molecule has 3 heterocycles. The second-order valence-electron chi connectivity index (χ2n) is 9.01. The lowest BCUT2D eigenvalue weighted by Gasteiger charge is -2.31. The number of aromatic nitrogens is 1. The number of thiophene rings is 1. The lowest BCUT2D eigenvalue weighted by molar-refractivity contribution is 0.194. The number of aryl methyl sites for hydroxylation is 1. The third-order valence-corrected chi connectivity index (χ3v) is 9.06. The number of urea groups is 1. The van der Waals surface area contributed by atoms with Crippen molar-refractivity contribution < 1.29 is 9.18 Å². The number of nitrogens with zero attached hydrogens (tertiary/aromatic N) is 2. The molecular formula is C28H26FN3OS2. The first-order chi connectivity index (χ1) is 17.1. The molecule has 2 aliphatic rings. The third kappa shape index (κ3) is 3.96. The van der Waals surface area contributed by atoms with Crippen molar-refractivity contribution in [3.05, 3.63) is 99.9 Å². The van der Waals surface area contributed by atoms with Crippen LogP contribution in [0.25, 0.3) is 5.00 Å². The maximum Gasteiger partial charge on any atom is 0.323 e. The number of carbonyl (C=O) groups is 1. The Hall–Kier alpha value is -3.03. The van der Waals surface area contributed by atoms with Crippen molar-refractivity contribution in [2.45, 2.75) is 43.2 Å². The Morgan fingerprint density at radius 2 is 1.83 bits per heavy atom. The fourth-order valence-electron chi connectivity index (χ4n) is 5.27. The van der Waals surface area contributed by atoms with Gasteiger partial charge in [-0.25, -0.2) is 9.18 Å². The van der Waals surface area contributed by atoms with Crippen LogP contribution in [0.1, 0.15) is 46.1 Å². The molecule has 35 heavy (non-hydrogen) atoms. The molecule has 2 aromatic carbocycles. The summed E-state index contributed by atoms with van der Waals surface area (Å²) in [5.41, 5.74) is 4.91. The summed E-state index contributed by atoms with van der Waals surface area (Å²) < 4.78 is 16.7. The molecule has 1 unspecified atom stereocenters. The van der Waals surface area contributed by atoms with Crippen molar-refractivity contribution >= 4 is 34.8 Å². The van der Waals surface area contributed by atoms with Crippen LogP contribution in [0, 0.1) is 5.82 Å². The number of rotatable bonds is 3. The van der Waals surface area contributed by atoms with E-state index >= 15 is 0 Å². The van der Waals surface area contributed by atoms with E-state index in [-0.39, 0.29) is 17.8 Å². The summed E-state index contributed by atoms with van der Waals surface area (Å²) in [5, 5.41) is 4.07. The third-order valence-electron chi connectivity index (χ3n) is 6.99. The molecule has 7 heteroatoms. The van der Waals surface area contributed by atoms with Gasteiger partial charge in [0, 0.05) is 21.5 Å². The lowest BCUT2D eigenvalue weighted by Crippen LogP contribution is -2.38. The first-order valence-corrected chi connectivity index (χ1v) is 14.0. The lowest BCUT2D eigenvalue weighted by atomic mass is 9.95. The molecule has 6 rings (SSSR count). The summed E-state index contributed by atoms with van der Waals surface area (Å²) in [4.78, 5) is 18.3. The Morgan fingerprint density at radius 1 is 1.03 bits per heavy atom. The first kappa shape index (κ1) is 22.4. The van der Waals surface area contributed by atoms with E-state index in [0.29, 0.717) is 6.54 Å². The zero-order chi connectivity index (χ0) is 23.9. The van der Waals surface area contributed by atoms with Crippen LogP contribution < -0.4 is 5.32 Å². The molecule has 1 aliphatic heterocycles. The average Bonchev–Trinajstić information content (AvgIpc) is 3.47. The predicted molar refractivity (Wildman–Crippen MR) is 141 cm³/mol. The van der Waals surface area contributed by atoms with Crippen molar-refractivity contribution in [3.63, 3.8) is 0 Å². The summed E-state index contributed by atoms with van der Waals surface area (Å²) in [6, 6.07) is 18.3. The van der Waals surface area contributed by atoms with Crippen molar-refractivity contribution in [2.75, 3.05) is 11.6 Å². The molecule has 0 spiro atoms. The number of hydrogen-bond acceptors (Lipinski definition) is 3. The molecule has 4 nitrogen and oxygen atoms in total. The summed E-state index contributed by atoms with van der Waals surface area (Å²) in [6.45, 7) is 0.484. The van der Waals surface area contributed by atoms with Crippen LogP contribution in [0.2, 0.25) is 0 Å². The van der Waals surface area contributed by atoms with E-state index in [2.05, 4.69) is 58.7 Å². The zero-order valence-electron chi connectivity index (χ0n) is 19.5. The van der Waals surface area contributed by atoms with Gasteiger partial charge in [-0.05, 0) is 79.5 Å². The number of fused-ring (bicyclic) bond motifs is 5. The number of halogens is 1. The molecular weight excluding hydrogens is 477 g/mol. The molecule has 1 N–H and O–H groups in total. The van der Waals surface area contributed by atoms with E-state index in [0.717, 1.165) is 24.1 Å². The molecule has 1 aliphatic carbocycles. The number of para-hydroxylation sites is 1. The molecule has 4 aromatic rings. The van der Waals surface area contributed by atoms with Crippen LogP contribution in [-0.4, -0.2) is 21.8 Å². The van der Waals surface area contributed by atoms with Gasteiger partial charge in [-0.2, -0.15) is 0 Å². The smallest absolute Gasteiger partial charge is 0.310 e. The summed E-state index contributed by atoms with van der Waals surface area (Å²) in [7, 11) is 0. The van der Waals surface area contributed by atoms with Gasteiger partial charge in [0.05, 0.1) is 24.0 Å². The van der Waals surface area contributed by atoms with Gasteiger partial charge in [0.2, 0.25) is 0 Å². The average molecular weight is 504 g/mol.